The quantitative estimate of drug-likeness (QED) is 0.300. The summed E-state index contributed by atoms with van der Waals surface area (Å²) in [5.74, 6) is -1.77. The number of ether oxygens (including phenoxy) is 5. The fraction of sp³-hybridized carbons (Fsp3) is 0.909. The summed E-state index contributed by atoms with van der Waals surface area (Å²) in [6.45, 7) is 13.0. The highest BCUT2D eigenvalue weighted by Crippen LogP contribution is 2.44. The van der Waals surface area contributed by atoms with Crippen LogP contribution < -0.4 is 5.32 Å². The number of hydrogen-bond acceptors (Lipinski definition) is 11. The second-order valence-corrected chi connectivity index (χ2v) is 14.9. The second-order valence-electron chi connectivity index (χ2n) is 14.9. The first kappa shape index (κ1) is 36.0. The molecule has 5 saturated heterocycles. The molecule has 3 N–H and O–H groups in total. The summed E-state index contributed by atoms with van der Waals surface area (Å²) in [5, 5.41) is 24.3. The molecule has 5 heterocycles. The molecule has 0 saturated carbocycles. The van der Waals surface area contributed by atoms with Crippen molar-refractivity contribution in [3.05, 3.63) is 0 Å². The van der Waals surface area contributed by atoms with Gasteiger partial charge in [0.2, 0.25) is 0 Å². The summed E-state index contributed by atoms with van der Waals surface area (Å²) in [6.07, 6.45) is -1.96. The van der Waals surface area contributed by atoms with Crippen LogP contribution in [0.3, 0.4) is 0 Å². The van der Waals surface area contributed by atoms with Gasteiger partial charge in [0.25, 0.3) is 0 Å². The number of amides is 1. The fourth-order valence-corrected chi connectivity index (χ4v) is 8.22. The lowest BCUT2D eigenvalue weighted by molar-refractivity contribution is -0.304. The van der Waals surface area contributed by atoms with E-state index >= 15 is 0 Å². The summed E-state index contributed by atoms with van der Waals surface area (Å²) in [6, 6.07) is -0.733. The predicted molar refractivity (Wildman–Crippen MR) is 164 cm³/mol. The number of hydrogen-bond donors (Lipinski definition) is 3. The van der Waals surface area contributed by atoms with E-state index in [4.69, 9.17) is 23.7 Å². The Morgan fingerprint density at radius 2 is 1.78 bits per heavy atom. The maximum Gasteiger partial charge on any atom is 0.408 e. The third-order valence-corrected chi connectivity index (χ3v) is 11.0. The van der Waals surface area contributed by atoms with Crippen LogP contribution in [0.2, 0.25) is 0 Å². The van der Waals surface area contributed by atoms with Crippen molar-refractivity contribution in [2.45, 2.75) is 141 Å². The van der Waals surface area contributed by atoms with Gasteiger partial charge in [0.1, 0.15) is 17.6 Å². The van der Waals surface area contributed by atoms with Gasteiger partial charge in [-0.05, 0) is 78.8 Å². The second kappa shape index (κ2) is 13.7. The molecule has 0 spiro atoms. The van der Waals surface area contributed by atoms with E-state index in [1.165, 1.54) is 0 Å². The van der Waals surface area contributed by atoms with Crippen LogP contribution >= 0.6 is 0 Å². The molecule has 12 nitrogen and oxygen atoms in total. The molecule has 0 aromatic heterocycles. The zero-order chi connectivity index (χ0) is 33.5. The topological polar surface area (TPSA) is 153 Å². The summed E-state index contributed by atoms with van der Waals surface area (Å²) >= 11 is 0. The number of likely N-dealkylation sites (N-methyl/N-ethyl adjacent to an activating group) is 1. The van der Waals surface area contributed by atoms with E-state index in [0.717, 1.165) is 12.8 Å². The Hall–Kier alpha value is -1.83. The fourth-order valence-electron chi connectivity index (χ4n) is 8.22. The maximum absolute atomic E-state index is 14.5. The van der Waals surface area contributed by atoms with Crippen LogP contribution in [0.4, 0.5) is 4.79 Å². The van der Waals surface area contributed by atoms with Gasteiger partial charge in [-0.25, -0.2) is 4.79 Å². The number of Topliss-reactive ketones (excluding diaryl/α,β-unsaturated/α-hetero) is 1. The van der Waals surface area contributed by atoms with Crippen LogP contribution in [-0.4, -0.2) is 114 Å². The van der Waals surface area contributed by atoms with Gasteiger partial charge in [-0.1, -0.05) is 34.1 Å². The molecule has 5 fully saturated rings. The van der Waals surface area contributed by atoms with Crippen molar-refractivity contribution in [2.24, 2.45) is 23.2 Å². The first-order valence-electron chi connectivity index (χ1n) is 16.7. The van der Waals surface area contributed by atoms with E-state index in [0.29, 0.717) is 19.3 Å². The Labute approximate surface area is 267 Å². The van der Waals surface area contributed by atoms with Gasteiger partial charge in [-0.2, -0.15) is 0 Å². The summed E-state index contributed by atoms with van der Waals surface area (Å²) in [5.41, 5.74) is -3.66. The van der Waals surface area contributed by atoms with Crippen LogP contribution in [0.1, 0.15) is 87.0 Å². The minimum Gasteiger partial charge on any atom is -0.457 e. The van der Waals surface area contributed by atoms with Crippen molar-refractivity contribution in [1.82, 2.24) is 10.2 Å². The van der Waals surface area contributed by atoms with E-state index < -0.39 is 65.3 Å². The number of carbonyl (C=O) groups excluding carboxylic acids is 3. The number of nitrogens with one attached hydrogen (secondary N) is 1. The maximum atomic E-state index is 14.5. The van der Waals surface area contributed by atoms with Crippen molar-refractivity contribution in [3.8, 4) is 0 Å². The minimum absolute atomic E-state index is 0.00207. The number of esters is 1. The van der Waals surface area contributed by atoms with Crippen LogP contribution in [-0.2, 0) is 33.3 Å². The third kappa shape index (κ3) is 6.92. The highest BCUT2D eigenvalue weighted by molar-refractivity contribution is 6.04. The van der Waals surface area contributed by atoms with Gasteiger partial charge >= 0.3 is 12.1 Å². The van der Waals surface area contributed by atoms with E-state index in [-0.39, 0.29) is 49.3 Å². The lowest BCUT2D eigenvalue weighted by atomic mass is 9.70. The Morgan fingerprint density at radius 1 is 1.09 bits per heavy atom. The Kier molecular flexibility index (Phi) is 11.0. The molecule has 258 valence electrons. The molecule has 5 aliphatic rings. The number of nitrogens with zero attached hydrogens (tertiary/aromatic N) is 1. The zero-order valence-corrected chi connectivity index (χ0v) is 28.5. The number of aliphatic hydroxyl groups excluding tert-OH is 2. The predicted octanol–water partition coefficient (Wildman–Crippen LogP) is 2.81. The largest absolute Gasteiger partial charge is 0.457 e. The zero-order valence-electron chi connectivity index (χ0n) is 28.5. The van der Waals surface area contributed by atoms with Crippen LogP contribution in [0.5, 0.6) is 0 Å². The lowest BCUT2D eigenvalue weighted by Crippen LogP contribution is -2.61. The normalized spacial score (nSPS) is 46.8. The Morgan fingerprint density at radius 3 is 2.40 bits per heavy atom. The number of carbonyl (C=O) groups is 3. The van der Waals surface area contributed by atoms with Gasteiger partial charge < -0.3 is 44.1 Å². The molecule has 0 unspecified atom stereocenters. The highest BCUT2D eigenvalue weighted by Gasteiger charge is 2.58. The molecule has 1 amide bonds. The highest BCUT2D eigenvalue weighted by atomic mass is 16.7. The molecule has 12 heteroatoms. The van der Waals surface area contributed by atoms with Crippen LogP contribution in [0.25, 0.3) is 0 Å². The molecule has 13 atom stereocenters. The smallest absolute Gasteiger partial charge is 0.408 e. The number of ketones is 1. The third-order valence-electron chi connectivity index (χ3n) is 11.0. The van der Waals surface area contributed by atoms with E-state index in [9.17, 15) is 24.6 Å². The number of aliphatic hydroxyl groups is 2. The van der Waals surface area contributed by atoms with Gasteiger partial charge in [-0.3, -0.25) is 9.59 Å². The SMILES string of the molecule is CC[C@H]1OC(=O)[C@]2(C)CCO[C@@](C)(C[C@@H](C)CC[C@H](C)[C@H]3NC(=O)O[C@@]31C)[C@H](O[C@@H]1O[C@H](CO)C[C@H](N(C)C)[C@H]1O)[C@@H](C)C2=O. The number of alkyl carbamates (subject to hydrolysis) is 1. The standard InChI is InChI=1S/C33H56N2O10/c1-10-23-33(7)25(34-30(40)45-33)19(3)12-11-18(2)16-32(6)27(20(4)26(38)31(5,13-14-41-32)29(39)43-23)44-28-24(37)22(35(8)9)15-21(17-36)42-28/h18-25,27-28,36-37H,10-17H2,1-9H3,(H,34,40)/t18-,19-,20-,21-,22-,23+,24+,25+,27+,28-,31+,32-,33+/m0/s1. The first-order valence-corrected chi connectivity index (χ1v) is 16.7. The Bertz CT molecular complexity index is 1090. The van der Waals surface area contributed by atoms with Gasteiger partial charge in [0.05, 0.1) is 30.5 Å². The lowest BCUT2D eigenvalue weighted by Gasteiger charge is -2.49. The molecule has 0 aromatic carbocycles. The minimum atomic E-state index is -1.57. The van der Waals surface area contributed by atoms with E-state index in [1.807, 2.05) is 32.8 Å². The van der Waals surface area contributed by atoms with Gasteiger partial charge in [0, 0.05) is 18.6 Å². The molecule has 0 aliphatic carbocycles. The average molecular weight is 641 g/mol. The van der Waals surface area contributed by atoms with E-state index in [2.05, 4.69) is 19.2 Å². The number of fused-ring (bicyclic) bond motifs is 10. The van der Waals surface area contributed by atoms with Crippen molar-refractivity contribution in [2.75, 3.05) is 27.3 Å². The van der Waals surface area contributed by atoms with Gasteiger partial charge in [0.15, 0.2) is 17.7 Å². The molecule has 45 heavy (non-hydrogen) atoms. The van der Waals surface area contributed by atoms with Crippen molar-refractivity contribution in [3.63, 3.8) is 0 Å². The summed E-state index contributed by atoms with van der Waals surface area (Å²) in [7, 11) is 3.70. The molecule has 5 aliphatic heterocycles. The van der Waals surface area contributed by atoms with Crippen molar-refractivity contribution >= 4 is 17.8 Å². The van der Waals surface area contributed by atoms with Crippen LogP contribution in [0.15, 0.2) is 0 Å². The van der Waals surface area contributed by atoms with E-state index in [1.54, 1.807) is 20.8 Å². The van der Waals surface area contributed by atoms with Gasteiger partial charge in [-0.15, -0.1) is 0 Å². The van der Waals surface area contributed by atoms with Crippen molar-refractivity contribution < 1.29 is 48.3 Å². The molecule has 0 aromatic rings. The Balaban J connectivity index is 1.76. The average Bonchev–Trinajstić information content (AvgIpc) is 3.30. The monoisotopic (exact) mass is 640 g/mol. The van der Waals surface area contributed by atoms with Crippen molar-refractivity contribution in [1.29, 1.82) is 0 Å². The molecule has 2 bridgehead atoms. The molecular formula is C33H56N2O10. The number of rotatable bonds is 5. The first-order chi connectivity index (χ1) is 21.0. The van der Waals surface area contributed by atoms with Crippen LogP contribution in [0, 0.1) is 23.2 Å². The molecule has 5 rings (SSSR count). The summed E-state index contributed by atoms with van der Waals surface area (Å²) in [4.78, 5) is 43.0. The molecular weight excluding hydrogens is 584 g/mol. The molecule has 0 radical (unpaired) electrons. The summed E-state index contributed by atoms with van der Waals surface area (Å²) < 4.78 is 31.3.